The summed E-state index contributed by atoms with van der Waals surface area (Å²) in [5.41, 5.74) is 0. The quantitative estimate of drug-likeness (QED) is 0.591. The van der Waals surface area contributed by atoms with E-state index in [4.69, 9.17) is 0 Å². The molecule has 3 nitrogen and oxygen atoms in total. The Morgan fingerprint density at radius 2 is 2.64 bits per heavy atom. The first-order valence-corrected chi connectivity index (χ1v) is 4.42. The predicted molar refractivity (Wildman–Crippen MR) is 45.7 cm³/mol. The Morgan fingerprint density at radius 3 is 3.45 bits per heavy atom. The molecule has 0 aromatic carbocycles. The van der Waals surface area contributed by atoms with Crippen LogP contribution in [0.2, 0.25) is 0 Å². The first-order valence-electron chi connectivity index (χ1n) is 4.42. The Kier molecular flexibility index (Phi) is 1.82. The number of hydrogen-bond acceptors (Lipinski definition) is 3. The van der Waals surface area contributed by atoms with Gasteiger partial charge in [-0.3, -0.25) is 10.3 Å². The van der Waals surface area contributed by atoms with E-state index in [2.05, 4.69) is 22.1 Å². The monoisotopic (exact) mass is 153 g/mol. The van der Waals surface area contributed by atoms with Gasteiger partial charge in [-0.2, -0.15) is 0 Å². The third kappa shape index (κ3) is 1.13. The standard InChI is InChI=1S/C8H15N3/c1-2-7-5-10-8-3-4-9-6-11(7)8/h7,9H,2-6H2,1H3. The molecule has 1 N–H and O–H groups in total. The molecule has 1 atom stereocenters. The molecule has 0 aliphatic carbocycles. The summed E-state index contributed by atoms with van der Waals surface area (Å²) in [6.07, 6.45) is 2.34. The second-order valence-corrected chi connectivity index (χ2v) is 3.20. The van der Waals surface area contributed by atoms with E-state index in [0.717, 1.165) is 26.2 Å². The van der Waals surface area contributed by atoms with Crippen molar-refractivity contribution in [2.24, 2.45) is 4.99 Å². The minimum atomic E-state index is 0.679. The molecule has 2 heterocycles. The van der Waals surface area contributed by atoms with Gasteiger partial charge in [0.25, 0.3) is 0 Å². The average Bonchev–Trinajstić information content (AvgIpc) is 2.47. The van der Waals surface area contributed by atoms with Gasteiger partial charge < -0.3 is 4.90 Å². The normalized spacial score (nSPS) is 30.1. The van der Waals surface area contributed by atoms with Gasteiger partial charge in [0.2, 0.25) is 0 Å². The van der Waals surface area contributed by atoms with Crippen LogP contribution < -0.4 is 5.32 Å². The molecule has 1 saturated heterocycles. The highest BCUT2D eigenvalue weighted by Gasteiger charge is 2.27. The van der Waals surface area contributed by atoms with Crippen molar-refractivity contribution in [2.75, 3.05) is 19.8 Å². The number of amidine groups is 1. The molecule has 0 amide bonds. The van der Waals surface area contributed by atoms with Crippen LogP contribution >= 0.6 is 0 Å². The van der Waals surface area contributed by atoms with Crippen molar-refractivity contribution in [1.82, 2.24) is 10.2 Å². The molecule has 1 fully saturated rings. The topological polar surface area (TPSA) is 27.6 Å². The van der Waals surface area contributed by atoms with E-state index in [1.54, 1.807) is 0 Å². The summed E-state index contributed by atoms with van der Waals surface area (Å²) in [6, 6.07) is 0.679. The van der Waals surface area contributed by atoms with Crippen molar-refractivity contribution < 1.29 is 0 Å². The highest BCUT2D eigenvalue weighted by molar-refractivity contribution is 5.84. The zero-order chi connectivity index (χ0) is 7.68. The minimum Gasteiger partial charge on any atom is -0.343 e. The second kappa shape index (κ2) is 2.81. The smallest absolute Gasteiger partial charge is 0.102 e. The molecule has 1 unspecified atom stereocenters. The Hall–Kier alpha value is -0.570. The van der Waals surface area contributed by atoms with Crippen LogP contribution in [0.15, 0.2) is 4.99 Å². The number of nitrogens with one attached hydrogen (secondary N) is 1. The number of aliphatic imine (C=N–C) groups is 1. The van der Waals surface area contributed by atoms with Crippen molar-refractivity contribution in [2.45, 2.75) is 25.8 Å². The predicted octanol–water partition coefficient (Wildman–Crippen LogP) is 0.430. The maximum Gasteiger partial charge on any atom is 0.102 e. The van der Waals surface area contributed by atoms with Gasteiger partial charge in [-0.25, -0.2) is 0 Å². The molecule has 2 rings (SSSR count). The van der Waals surface area contributed by atoms with E-state index in [-0.39, 0.29) is 0 Å². The molecule has 2 aliphatic heterocycles. The summed E-state index contributed by atoms with van der Waals surface area (Å²) >= 11 is 0. The molecule has 0 aromatic rings. The molecular formula is C8H15N3. The first-order chi connectivity index (χ1) is 5.42. The lowest BCUT2D eigenvalue weighted by molar-refractivity contribution is 0.290. The Labute approximate surface area is 67.5 Å². The van der Waals surface area contributed by atoms with Crippen molar-refractivity contribution in [3.8, 4) is 0 Å². The molecule has 0 aromatic heterocycles. The first kappa shape index (κ1) is 7.10. The third-order valence-electron chi connectivity index (χ3n) is 2.54. The van der Waals surface area contributed by atoms with Crippen LogP contribution in [0.1, 0.15) is 19.8 Å². The van der Waals surface area contributed by atoms with Gasteiger partial charge in [-0.15, -0.1) is 0 Å². The molecule has 3 heteroatoms. The van der Waals surface area contributed by atoms with Crippen LogP contribution in [0.25, 0.3) is 0 Å². The number of hydrogen-bond donors (Lipinski definition) is 1. The van der Waals surface area contributed by atoms with E-state index in [0.29, 0.717) is 6.04 Å². The highest BCUT2D eigenvalue weighted by atomic mass is 15.3. The van der Waals surface area contributed by atoms with Gasteiger partial charge in [-0.05, 0) is 6.42 Å². The zero-order valence-corrected chi connectivity index (χ0v) is 7.01. The summed E-state index contributed by atoms with van der Waals surface area (Å²) in [5.74, 6) is 1.33. The number of nitrogens with zero attached hydrogens (tertiary/aromatic N) is 2. The summed E-state index contributed by atoms with van der Waals surface area (Å²) in [6.45, 7) is 5.37. The molecular weight excluding hydrogens is 138 g/mol. The lowest BCUT2D eigenvalue weighted by atomic mass is 10.2. The number of rotatable bonds is 1. The molecule has 62 valence electrons. The fourth-order valence-electron chi connectivity index (χ4n) is 1.80. The van der Waals surface area contributed by atoms with Crippen molar-refractivity contribution in [1.29, 1.82) is 0 Å². The second-order valence-electron chi connectivity index (χ2n) is 3.20. The van der Waals surface area contributed by atoms with Gasteiger partial charge in [-0.1, -0.05) is 6.92 Å². The van der Waals surface area contributed by atoms with E-state index in [1.165, 1.54) is 12.3 Å². The van der Waals surface area contributed by atoms with Crippen molar-refractivity contribution in [3.05, 3.63) is 0 Å². The molecule has 11 heavy (non-hydrogen) atoms. The van der Waals surface area contributed by atoms with E-state index < -0.39 is 0 Å². The van der Waals surface area contributed by atoms with Gasteiger partial charge in [0, 0.05) is 13.0 Å². The van der Waals surface area contributed by atoms with Crippen LogP contribution in [-0.4, -0.2) is 36.5 Å². The Balaban J connectivity index is 2.05. The maximum atomic E-state index is 4.51. The molecule has 0 saturated carbocycles. The van der Waals surface area contributed by atoms with Gasteiger partial charge in [0.05, 0.1) is 19.3 Å². The van der Waals surface area contributed by atoms with Crippen LogP contribution in [-0.2, 0) is 0 Å². The van der Waals surface area contributed by atoms with Gasteiger partial charge in [0.1, 0.15) is 5.84 Å². The van der Waals surface area contributed by atoms with Crippen LogP contribution in [0.5, 0.6) is 0 Å². The van der Waals surface area contributed by atoms with E-state index in [1.807, 2.05) is 0 Å². The van der Waals surface area contributed by atoms with Crippen molar-refractivity contribution >= 4 is 5.84 Å². The Morgan fingerprint density at radius 1 is 1.73 bits per heavy atom. The van der Waals surface area contributed by atoms with Crippen LogP contribution in [0.3, 0.4) is 0 Å². The van der Waals surface area contributed by atoms with Crippen molar-refractivity contribution in [3.63, 3.8) is 0 Å². The summed E-state index contributed by atoms with van der Waals surface area (Å²) in [4.78, 5) is 6.92. The largest absolute Gasteiger partial charge is 0.343 e. The van der Waals surface area contributed by atoms with Gasteiger partial charge >= 0.3 is 0 Å². The lowest BCUT2D eigenvalue weighted by Crippen LogP contribution is -2.47. The molecule has 0 bridgehead atoms. The fraction of sp³-hybridized carbons (Fsp3) is 0.875. The van der Waals surface area contributed by atoms with E-state index >= 15 is 0 Å². The van der Waals surface area contributed by atoms with Gasteiger partial charge in [0.15, 0.2) is 0 Å². The minimum absolute atomic E-state index is 0.679. The summed E-state index contributed by atoms with van der Waals surface area (Å²) in [5, 5.41) is 3.37. The average molecular weight is 153 g/mol. The highest BCUT2D eigenvalue weighted by Crippen LogP contribution is 2.16. The molecule has 0 spiro atoms. The Bertz CT molecular complexity index is 176. The fourth-order valence-corrected chi connectivity index (χ4v) is 1.80. The summed E-state index contributed by atoms with van der Waals surface area (Å²) < 4.78 is 0. The third-order valence-corrected chi connectivity index (χ3v) is 2.54. The SMILES string of the molecule is CCC1CN=C2CCNCN21. The van der Waals surface area contributed by atoms with Crippen LogP contribution in [0.4, 0.5) is 0 Å². The molecule has 2 aliphatic rings. The molecule has 0 radical (unpaired) electrons. The number of fused-ring (bicyclic) bond motifs is 1. The van der Waals surface area contributed by atoms with E-state index in [9.17, 15) is 0 Å². The summed E-state index contributed by atoms with van der Waals surface area (Å²) in [7, 11) is 0. The van der Waals surface area contributed by atoms with Crippen LogP contribution in [0, 0.1) is 0 Å². The lowest BCUT2D eigenvalue weighted by Gasteiger charge is -2.31. The maximum absolute atomic E-state index is 4.51. The zero-order valence-electron chi connectivity index (χ0n) is 7.01.